The number of anilines is 1. The third-order valence-corrected chi connectivity index (χ3v) is 7.31. The monoisotopic (exact) mass is 575 g/mol. The van der Waals surface area contributed by atoms with Crippen LogP contribution in [-0.4, -0.2) is 38.1 Å². The molecule has 0 saturated heterocycles. The number of rotatable bonds is 14. The Balaban J connectivity index is 1.87. The van der Waals surface area contributed by atoms with E-state index in [1.807, 2.05) is 30.3 Å². The highest BCUT2D eigenvalue weighted by molar-refractivity contribution is 5.94. The summed E-state index contributed by atoms with van der Waals surface area (Å²) >= 11 is 0. The summed E-state index contributed by atoms with van der Waals surface area (Å²) in [5.74, 6) is 1.52. The van der Waals surface area contributed by atoms with Crippen LogP contribution in [0.5, 0.6) is 17.2 Å². The van der Waals surface area contributed by atoms with E-state index in [1.165, 1.54) is 0 Å². The zero-order valence-corrected chi connectivity index (χ0v) is 26.0. The van der Waals surface area contributed by atoms with Crippen LogP contribution in [-0.2, 0) is 16.8 Å². The van der Waals surface area contributed by atoms with Gasteiger partial charge in [-0.05, 0) is 47.1 Å². The molecule has 2 N–H and O–H groups in total. The molecule has 0 bridgehead atoms. The van der Waals surface area contributed by atoms with E-state index in [2.05, 4.69) is 43.3 Å². The van der Waals surface area contributed by atoms with Gasteiger partial charge in [-0.2, -0.15) is 0 Å². The molecule has 226 valence electrons. The van der Waals surface area contributed by atoms with Crippen molar-refractivity contribution in [1.82, 2.24) is 10.3 Å². The molecule has 3 aromatic rings. The van der Waals surface area contributed by atoms with E-state index in [0.29, 0.717) is 29.4 Å². The lowest BCUT2D eigenvalue weighted by molar-refractivity contribution is -0.116. The van der Waals surface area contributed by atoms with Crippen molar-refractivity contribution >= 4 is 17.5 Å². The maximum absolute atomic E-state index is 13.7. The highest BCUT2D eigenvalue weighted by Gasteiger charge is 2.26. The molecule has 2 aromatic carbocycles. The van der Waals surface area contributed by atoms with Crippen molar-refractivity contribution in [3.63, 3.8) is 0 Å². The maximum atomic E-state index is 13.7. The lowest BCUT2D eigenvalue weighted by Crippen LogP contribution is -2.24. The SMILES string of the molecule is CCCCCC(CC(=O)Nc1cc(CNC(=O)c2ccncc2)ccc1C(C)(C)C)c1c(OC)cc(OC)cc1OC. The average Bonchev–Trinajstić information content (AvgIpc) is 2.98. The first-order chi connectivity index (χ1) is 20.1. The highest BCUT2D eigenvalue weighted by Crippen LogP contribution is 2.43. The van der Waals surface area contributed by atoms with Crippen molar-refractivity contribution in [2.45, 2.75) is 77.7 Å². The Kier molecular flexibility index (Phi) is 11.8. The summed E-state index contributed by atoms with van der Waals surface area (Å²) in [4.78, 5) is 30.2. The second-order valence-corrected chi connectivity index (χ2v) is 11.4. The van der Waals surface area contributed by atoms with Gasteiger partial charge in [-0.15, -0.1) is 0 Å². The normalized spacial score (nSPS) is 11.9. The molecule has 42 heavy (non-hydrogen) atoms. The number of carbonyl (C=O) groups excluding carboxylic acids is 2. The molecule has 0 aliphatic carbocycles. The fraction of sp³-hybridized carbons (Fsp3) is 0.441. The second kappa shape index (κ2) is 15.2. The van der Waals surface area contributed by atoms with E-state index in [-0.39, 0.29) is 29.6 Å². The average molecular weight is 576 g/mol. The molecule has 0 aliphatic rings. The third-order valence-electron chi connectivity index (χ3n) is 7.31. The zero-order chi connectivity index (χ0) is 30.7. The Hall–Kier alpha value is -4.07. The fourth-order valence-electron chi connectivity index (χ4n) is 5.10. The summed E-state index contributed by atoms with van der Waals surface area (Å²) in [5, 5.41) is 6.15. The first-order valence-electron chi connectivity index (χ1n) is 14.5. The van der Waals surface area contributed by atoms with Crippen molar-refractivity contribution in [3.8, 4) is 17.2 Å². The van der Waals surface area contributed by atoms with Crippen molar-refractivity contribution in [2.75, 3.05) is 26.6 Å². The molecule has 1 atom stereocenters. The molecule has 2 amide bonds. The van der Waals surface area contributed by atoms with Crippen LogP contribution in [0.25, 0.3) is 0 Å². The van der Waals surface area contributed by atoms with E-state index < -0.39 is 0 Å². The van der Waals surface area contributed by atoms with E-state index in [4.69, 9.17) is 14.2 Å². The minimum absolute atomic E-state index is 0.0973. The lowest BCUT2D eigenvalue weighted by Gasteiger charge is -2.26. The van der Waals surface area contributed by atoms with Gasteiger partial charge >= 0.3 is 0 Å². The van der Waals surface area contributed by atoms with Crippen LogP contribution in [0.15, 0.2) is 54.9 Å². The Morgan fingerprint density at radius 2 is 1.57 bits per heavy atom. The topological polar surface area (TPSA) is 98.8 Å². The molecule has 8 heteroatoms. The number of benzene rings is 2. The number of methoxy groups -OCH3 is 3. The molecule has 0 saturated carbocycles. The summed E-state index contributed by atoms with van der Waals surface area (Å²) < 4.78 is 16.9. The van der Waals surface area contributed by atoms with Gasteiger partial charge in [0.1, 0.15) is 17.2 Å². The van der Waals surface area contributed by atoms with Crippen molar-refractivity contribution in [3.05, 3.63) is 77.1 Å². The molecule has 0 spiro atoms. The Labute approximate surface area is 250 Å². The number of nitrogens with zero attached hydrogens (tertiary/aromatic N) is 1. The quantitative estimate of drug-likeness (QED) is 0.200. The number of hydrogen-bond acceptors (Lipinski definition) is 6. The minimum Gasteiger partial charge on any atom is -0.496 e. The largest absolute Gasteiger partial charge is 0.496 e. The maximum Gasteiger partial charge on any atom is 0.251 e. The lowest BCUT2D eigenvalue weighted by atomic mass is 9.84. The summed E-state index contributed by atoms with van der Waals surface area (Å²) in [6.45, 7) is 8.83. The van der Waals surface area contributed by atoms with Crippen LogP contribution in [0.3, 0.4) is 0 Å². The molecule has 0 fully saturated rings. The number of aromatic nitrogens is 1. The summed E-state index contributed by atoms with van der Waals surface area (Å²) in [6, 6.07) is 13.0. The number of unbranched alkanes of at least 4 members (excludes halogenated alkanes) is 2. The Morgan fingerprint density at radius 1 is 0.905 bits per heavy atom. The highest BCUT2D eigenvalue weighted by atomic mass is 16.5. The first kappa shape index (κ1) is 32.4. The van der Waals surface area contributed by atoms with Gasteiger partial charge in [-0.25, -0.2) is 0 Å². The van der Waals surface area contributed by atoms with Crippen molar-refractivity contribution < 1.29 is 23.8 Å². The molecule has 0 radical (unpaired) electrons. The van der Waals surface area contributed by atoms with Crippen molar-refractivity contribution in [2.24, 2.45) is 0 Å². The van der Waals surface area contributed by atoms with Gasteiger partial charge in [0, 0.05) is 54.3 Å². The third kappa shape index (κ3) is 8.71. The van der Waals surface area contributed by atoms with Gasteiger partial charge in [-0.3, -0.25) is 14.6 Å². The number of ether oxygens (including phenoxy) is 3. The number of nitrogens with one attached hydrogen (secondary N) is 2. The summed E-state index contributed by atoms with van der Waals surface area (Å²) in [5.41, 5.74) is 3.86. The van der Waals surface area contributed by atoms with Gasteiger partial charge < -0.3 is 24.8 Å². The van der Waals surface area contributed by atoms with Crippen LogP contribution in [0, 0.1) is 0 Å². The molecule has 1 aromatic heterocycles. The van der Waals surface area contributed by atoms with Crippen molar-refractivity contribution in [1.29, 1.82) is 0 Å². The molecule has 1 unspecified atom stereocenters. The molecular weight excluding hydrogens is 530 g/mol. The number of carbonyl (C=O) groups is 2. The second-order valence-electron chi connectivity index (χ2n) is 11.4. The van der Waals surface area contributed by atoms with Gasteiger partial charge in [-0.1, -0.05) is 59.1 Å². The van der Waals surface area contributed by atoms with Crippen LogP contribution < -0.4 is 24.8 Å². The van der Waals surface area contributed by atoms with E-state index >= 15 is 0 Å². The van der Waals surface area contributed by atoms with Gasteiger partial charge in [0.15, 0.2) is 0 Å². The predicted molar refractivity (Wildman–Crippen MR) is 167 cm³/mol. The number of pyridine rings is 1. The van der Waals surface area contributed by atoms with E-state index in [9.17, 15) is 9.59 Å². The number of amides is 2. The molecule has 8 nitrogen and oxygen atoms in total. The van der Waals surface area contributed by atoms with Crippen LogP contribution in [0.4, 0.5) is 5.69 Å². The summed E-state index contributed by atoms with van der Waals surface area (Å²) in [6.07, 6.45) is 7.38. The van der Waals surface area contributed by atoms with Crippen LogP contribution in [0.2, 0.25) is 0 Å². The van der Waals surface area contributed by atoms with Gasteiger partial charge in [0.25, 0.3) is 5.91 Å². The van der Waals surface area contributed by atoms with E-state index in [0.717, 1.165) is 48.1 Å². The molecule has 1 heterocycles. The minimum atomic E-state index is -0.204. The summed E-state index contributed by atoms with van der Waals surface area (Å²) in [7, 11) is 4.84. The predicted octanol–water partition coefficient (Wildman–Crippen LogP) is 7.03. The fourth-order valence-corrected chi connectivity index (χ4v) is 5.10. The zero-order valence-electron chi connectivity index (χ0n) is 26.0. The smallest absolute Gasteiger partial charge is 0.251 e. The Morgan fingerprint density at radius 3 is 2.14 bits per heavy atom. The van der Waals surface area contributed by atoms with Gasteiger partial charge in [0.2, 0.25) is 5.91 Å². The van der Waals surface area contributed by atoms with Crippen LogP contribution in [0.1, 0.15) is 92.8 Å². The molecule has 3 rings (SSSR count). The Bertz CT molecular complexity index is 1310. The van der Waals surface area contributed by atoms with E-state index in [1.54, 1.807) is 45.9 Å². The van der Waals surface area contributed by atoms with Gasteiger partial charge in [0.05, 0.1) is 21.3 Å². The molecule has 0 aliphatic heterocycles. The van der Waals surface area contributed by atoms with Crippen LogP contribution >= 0.6 is 0 Å². The standard InChI is InChI=1S/C34H45N3O5/c1-8-9-10-11-25(32-29(41-6)20-26(40-5)21-30(32)42-7)19-31(38)37-28-18-23(12-13-27(28)34(2,3)4)22-36-33(39)24-14-16-35-17-15-24/h12-18,20-21,25H,8-11,19,22H2,1-7H3,(H,36,39)(H,37,38). The first-order valence-corrected chi connectivity index (χ1v) is 14.5. The number of hydrogen-bond donors (Lipinski definition) is 2. The molecular formula is C34H45N3O5.